The number of rotatable bonds is 7. The van der Waals surface area contributed by atoms with Gasteiger partial charge < -0.3 is 14.0 Å². The second-order valence-electron chi connectivity index (χ2n) is 5.68. The Labute approximate surface area is 151 Å². The summed E-state index contributed by atoms with van der Waals surface area (Å²) in [5.41, 5.74) is 5.77. The van der Waals surface area contributed by atoms with Crippen LogP contribution in [0.15, 0.2) is 22.7 Å². The van der Waals surface area contributed by atoms with Gasteiger partial charge in [0.2, 0.25) is 0 Å². The Morgan fingerprint density at radius 1 is 1.15 bits per heavy atom. The molecule has 0 unspecified atom stereocenters. The van der Waals surface area contributed by atoms with Gasteiger partial charge in [-0.15, -0.1) is 0 Å². The topological polar surface area (TPSA) is 103 Å². The maximum Gasteiger partial charge on any atom is 0.275 e. The van der Waals surface area contributed by atoms with Gasteiger partial charge in [-0.25, -0.2) is 0 Å². The lowest BCUT2D eigenvalue weighted by molar-refractivity contribution is 0.0845. The van der Waals surface area contributed by atoms with Crippen LogP contribution in [0.25, 0.3) is 0 Å². The lowest BCUT2D eigenvalue weighted by atomic mass is 10.2. The molecule has 0 radical (unpaired) electrons. The smallest absolute Gasteiger partial charge is 0.275 e. The van der Waals surface area contributed by atoms with Crippen LogP contribution in [0.4, 0.5) is 0 Å². The van der Waals surface area contributed by atoms with E-state index in [1.165, 1.54) is 7.11 Å². The Hall–Kier alpha value is -3.03. The van der Waals surface area contributed by atoms with Crippen LogP contribution in [0, 0.1) is 13.8 Å². The number of carbonyl (C=O) groups excluding carboxylic acids is 2. The number of ether oxygens (including phenoxy) is 2. The predicted molar refractivity (Wildman–Crippen MR) is 94.3 cm³/mol. The number of hydrogen-bond donors (Lipinski definition) is 2. The van der Waals surface area contributed by atoms with Gasteiger partial charge in [-0.1, -0.05) is 18.5 Å². The van der Waals surface area contributed by atoms with E-state index in [1.54, 1.807) is 32.0 Å². The van der Waals surface area contributed by atoms with Crippen molar-refractivity contribution in [2.75, 3.05) is 13.7 Å². The third-order valence-corrected chi connectivity index (χ3v) is 3.73. The molecule has 1 aromatic carbocycles. The third-order valence-electron chi connectivity index (χ3n) is 3.73. The van der Waals surface area contributed by atoms with E-state index >= 15 is 0 Å². The third kappa shape index (κ3) is 4.53. The fraction of sp³-hybridized carbons (Fsp3) is 0.389. The summed E-state index contributed by atoms with van der Waals surface area (Å²) in [4.78, 5) is 24.4. The molecule has 8 heteroatoms. The predicted octanol–water partition coefficient (Wildman–Crippen LogP) is 2.55. The van der Waals surface area contributed by atoms with Gasteiger partial charge in [0, 0.05) is 5.56 Å². The summed E-state index contributed by atoms with van der Waals surface area (Å²) < 4.78 is 15.8. The van der Waals surface area contributed by atoms with Crippen LogP contribution in [-0.4, -0.2) is 30.7 Å². The van der Waals surface area contributed by atoms with Crippen molar-refractivity contribution < 1.29 is 23.6 Å². The summed E-state index contributed by atoms with van der Waals surface area (Å²) in [7, 11) is 1.50. The zero-order chi connectivity index (χ0) is 19.1. The first-order chi connectivity index (χ1) is 12.5. The van der Waals surface area contributed by atoms with Crippen molar-refractivity contribution in [3.63, 3.8) is 0 Å². The molecule has 26 heavy (non-hydrogen) atoms. The molecule has 1 aromatic heterocycles. The fourth-order valence-corrected chi connectivity index (χ4v) is 2.31. The number of carbonyl (C=O) groups is 2. The molecule has 0 aliphatic carbocycles. The minimum absolute atomic E-state index is 0.294. The molecule has 2 rings (SSSR count). The zero-order valence-electron chi connectivity index (χ0n) is 15.3. The lowest BCUT2D eigenvalue weighted by Crippen LogP contribution is -2.42. The molecule has 8 nitrogen and oxygen atoms in total. The summed E-state index contributed by atoms with van der Waals surface area (Å²) in [6, 6.07) is 4.82. The average molecular weight is 361 g/mol. The van der Waals surface area contributed by atoms with Gasteiger partial charge in [0.05, 0.1) is 19.4 Å². The van der Waals surface area contributed by atoms with Crippen molar-refractivity contribution in [3.05, 3.63) is 40.8 Å². The van der Waals surface area contributed by atoms with E-state index in [2.05, 4.69) is 22.9 Å². The largest absolute Gasteiger partial charge is 0.493 e. The highest BCUT2D eigenvalue weighted by Gasteiger charge is 2.18. The minimum atomic E-state index is -0.499. The molecule has 0 aliphatic rings. The zero-order valence-corrected chi connectivity index (χ0v) is 15.3. The van der Waals surface area contributed by atoms with Crippen LogP contribution < -0.4 is 20.3 Å². The van der Waals surface area contributed by atoms with E-state index in [4.69, 9.17) is 14.0 Å². The summed E-state index contributed by atoms with van der Waals surface area (Å²) in [5.74, 6) is 0.414. The molecule has 1 heterocycles. The van der Waals surface area contributed by atoms with Crippen molar-refractivity contribution in [2.45, 2.75) is 33.6 Å². The molecule has 0 saturated carbocycles. The van der Waals surface area contributed by atoms with Gasteiger partial charge in [0.15, 0.2) is 11.5 Å². The van der Waals surface area contributed by atoms with Crippen molar-refractivity contribution in [1.29, 1.82) is 0 Å². The van der Waals surface area contributed by atoms with E-state index in [0.717, 1.165) is 12.8 Å². The number of nitrogens with one attached hydrogen (secondary N) is 2. The number of aryl methyl sites for hydroxylation is 2. The maximum absolute atomic E-state index is 12.3. The minimum Gasteiger partial charge on any atom is -0.493 e. The molecule has 0 bridgehead atoms. The molecule has 2 N–H and O–H groups in total. The van der Waals surface area contributed by atoms with Crippen LogP contribution in [0.1, 0.15) is 51.9 Å². The molecule has 140 valence electrons. The van der Waals surface area contributed by atoms with Gasteiger partial charge in [-0.2, -0.15) is 0 Å². The first-order valence-corrected chi connectivity index (χ1v) is 8.32. The quantitative estimate of drug-likeness (QED) is 0.580. The Bertz CT molecular complexity index is 766. The van der Waals surface area contributed by atoms with Crippen LogP contribution in [0.2, 0.25) is 0 Å². The van der Waals surface area contributed by atoms with Crippen LogP contribution >= 0.6 is 0 Å². The Balaban J connectivity index is 2.01. The molecule has 0 fully saturated rings. The van der Waals surface area contributed by atoms with E-state index < -0.39 is 11.8 Å². The number of unbranched alkanes of at least 4 members (excludes halogenated alkanes) is 1. The van der Waals surface area contributed by atoms with Crippen LogP contribution in [-0.2, 0) is 0 Å². The van der Waals surface area contributed by atoms with Crippen LogP contribution in [0.5, 0.6) is 11.5 Å². The Kier molecular flexibility index (Phi) is 6.60. The molecule has 0 saturated heterocycles. The highest BCUT2D eigenvalue weighted by molar-refractivity contribution is 6.00. The molecule has 0 atom stereocenters. The first kappa shape index (κ1) is 19.3. The van der Waals surface area contributed by atoms with E-state index in [1.807, 2.05) is 0 Å². The second-order valence-corrected chi connectivity index (χ2v) is 5.68. The molecule has 2 aromatic rings. The number of benzene rings is 1. The summed E-state index contributed by atoms with van der Waals surface area (Å²) in [6.45, 7) is 5.92. The standard InChI is InChI=1S/C18H23N3O5/c1-5-6-9-25-14-8-7-13(10-15(14)24-4)17(22)19-20-18(23)16-11(2)21-26-12(16)3/h7-8,10H,5-6,9H2,1-4H3,(H,19,22)(H,20,23). The Morgan fingerprint density at radius 3 is 2.50 bits per heavy atom. The molecular formula is C18H23N3O5. The number of hydrazine groups is 1. The number of nitrogens with zero attached hydrogens (tertiary/aromatic N) is 1. The van der Waals surface area contributed by atoms with E-state index in [9.17, 15) is 9.59 Å². The van der Waals surface area contributed by atoms with Gasteiger partial charge in [0.25, 0.3) is 11.8 Å². The maximum atomic E-state index is 12.3. The molecule has 0 spiro atoms. The first-order valence-electron chi connectivity index (χ1n) is 8.32. The Morgan fingerprint density at radius 2 is 1.88 bits per heavy atom. The second kappa shape index (κ2) is 8.89. The van der Waals surface area contributed by atoms with Crippen LogP contribution in [0.3, 0.4) is 0 Å². The summed E-state index contributed by atoms with van der Waals surface area (Å²) >= 11 is 0. The van der Waals surface area contributed by atoms with Crippen molar-refractivity contribution in [3.8, 4) is 11.5 Å². The highest BCUT2D eigenvalue weighted by atomic mass is 16.5. The summed E-state index contributed by atoms with van der Waals surface area (Å²) in [5, 5.41) is 3.71. The van der Waals surface area contributed by atoms with Crippen molar-refractivity contribution >= 4 is 11.8 Å². The molecule has 0 aliphatic heterocycles. The number of aromatic nitrogens is 1. The van der Waals surface area contributed by atoms with Gasteiger partial charge >= 0.3 is 0 Å². The monoisotopic (exact) mass is 361 g/mol. The van der Waals surface area contributed by atoms with E-state index in [0.29, 0.717) is 40.7 Å². The number of methoxy groups -OCH3 is 1. The van der Waals surface area contributed by atoms with Gasteiger partial charge in [0.1, 0.15) is 11.3 Å². The average Bonchev–Trinajstić information content (AvgIpc) is 2.98. The molecular weight excluding hydrogens is 338 g/mol. The number of hydrogen-bond acceptors (Lipinski definition) is 6. The number of amides is 2. The SMILES string of the molecule is CCCCOc1ccc(C(=O)NNC(=O)c2c(C)noc2C)cc1OC. The summed E-state index contributed by atoms with van der Waals surface area (Å²) in [6.07, 6.45) is 1.95. The van der Waals surface area contributed by atoms with E-state index in [-0.39, 0.29) is 0 Å². The normalized spacial score (nSPS) is 10.3. The lowest BCUT2D eigenvalue weighted by Gasteiger charge is -2.12. The van der Waals surface area contributed by atoms with Gasteiger partial charge in [-0.05, 0) is 38.5 Å². The highest BCUT2D eigenvalue weighted by Crippen LogP contribution is 2.28. The molecule has 2 amide bonds. The fourth-order valence-electron chi connectivity index (χ4n) is 2.31. The van der Waals surface area contributed by atoms with Gasteiger partial charge in [-0.3, -0.25) is 20.4 Å². The van der Waals surface area contributed by atoms with Crippen molar-refractivity contribution in [1.82, 2.24) is 16.0 Å². The van der Waals surface area contributed by atoms with Crippen molar-refractivity contribution in [2.24, 2.45) is 0 Å².